The summed E-state index contributed by atoms with van der Waals surface area (Å²) in [5.74, 6) is -0.213. The zero-order chi connectivity index (χ0) is 27.6. The summed E-state index contributed by atoms with van der Waals surface area (Å²) in [5, 5.41) is 13.4. The molecule has 0 aromatic heterocycles. The highest BCUT2D eigenvalue weighted by atomic mass is 31.2. The topological polar surface area (TPSA) is 131 Å². The Bertz CT molecular complexity index is 644. The first-order valence-electron chi connectivity index (χ1n) is 14.5. The predicted octanol–water partition coefficient (Wildman–Crippen LogP) is 6.32. The molecule has 0 spiro atoms. The van der Waals surface area contributed by atoms with Crippen molar-refractivity contribution >= 4 is 13.7 Å². The molecule has 0 aromatic carbocycles. The van der Waals surface area contributed by atoms with Crippen LogP contribution in [0.3, 0.4) is 0 Å². The lowest BCUT2D eigenvalue weighted by Gasteiger charge is -2.23. The molecule has 0 saturated heterocycles. The molecule has 0 aliphatic rings. The maximum Gasteiger partial charge on any atom is 0.472 e. The van der Waals surface area contributed by atoms with Gasteiger partial charge in [-0.3, -0.25) is 13.8 Å². The van der Waals surface area contributed by atoms with Crippen molar-refractivity contribution in [1.82, 2.24) is 5.32 Å². The fraction of sp³-hybridized carbons (Fsp3) is 0.821. The number of rotatable bonds is 26. The van der Waals surface area contributed by atoms with Crippen LogP contribution in [-0.2, 0) is 18.4 Å². The number of phosphoric acid groups is 1. The number of amides is 1. The van der Waals surface area contributed by atoms with Gasteiger partial charge in [0, 0.05) is 13.0 Å². The summed E-state index contributed by atoms with van der Waals surface area (Å²) in [7, 11) is -4.31. The molecule has 0 rings (SSSR count). The minimum atomic E-state index is -4.31. The van der Waals surface area contributed by atoms with E-state index >= 15 is 0 Å². The molecule has 9 heteroatoms. The summed E-state index contributed by atoms with van der Waals surface area (Å²) in [6.07, 6.45) is 23.8. The minimum Gasteiger partial charge on any atom is -0.387 e. The second kappa shape index (κ2) is 25.3. The molecular formula is C28H55N2O6P. The Morgan fingerprint density at radius 2 is 1.43 bits per heavy atom. The zero-order valence-electron chi connectivity index (χ0n) is 23.5. The van der Waals surface area contributed by atoms with Gasteiger partial charge < -0.3 is 21.1 Å². The molecule has 5 N–H and O–H groups in total. The van der Waals surface area contributed by atoms with Crippen molar-refractivity contribution in [2.75, 3.05) is 19.8 Å². The summed E-state index contributed by atoms with van der Waals surface area (Å²) in [4.78, 5) is 22.3. The maximum atomic E-state index is 12.5. The zero-order valence-corrected chi connectivity index (χ0v) is 24.3. The fourth-order valence-corrected chi connectivity index (χ4v) is 4.52. The van der Waals surface area contributed by atoms with Crippen LogP contribution >= 0.6 is 7.82 Å². The van der Waals surface area contributed by atoms with Crippen LogP contribution in [0, 0.1) is 0 Å². The molecule has 0 fully saturated rings. The van der Waals surface area contributed by atoms with Gasteiger partial charge in [0.25, 0.3) is 0 Å². The molecule has 37 heavy (non-hydrogen) atoms. The van der Waals surface area contributed by atoms with Crippen LogP contribution in [0.1, 0.15) is 117 Å². The molecule has 3 atom stereocenters. The van der Waals surface area contributed by atoms with Crippen molar-refractivity contribution in [2.45, 2.75) is 129 Å². The van der Waals surface area contributed by atoms with Crippen molar-refractivity contribution in [3.05, 3.63) is 24.3 Å². The van der Waals surface area contributed by atoms with E-state index in [4.69, 9.17) is 14.8 Å². The van der Waals surface area contributed by atoms with E-state index < -0.39 is 20.0 Å². The number of allylic oxidation sites excluding steroid dienone is 3. The van der Waals surface area contributed by atoms with Gasteiger partial charge in [-0.05, 0) is 38.5 Å². The lowest BCUT2D eigenvalue weighted by molar-refractivity contribution is -0.123. The largest absolute Gasteiger partial charge is 0.472 e. The first kappa shape index (κ1) is 36.0. The molecule has 8 nitrogen and oxygen atoms in total. The number of aliphatic hydroxyl groups excluding tert-OH is 1. The first-order chi connectivity index (χ1) is 17.9. The Morgan fingerprint density at radius 1 is 0.865 bits per heavy atom. The summed E-state index contributed by atoms with van der Waals surface area (Å²) in [6, 6.07) is -0.856. The van der Waals surface area contributed by atoms with Gasteiger partial charge in [-0.1, -0.05) is 95.9 Å². The lowest BCUT2D eigenvalue weighted by atomic mass is 10.1. The van der Waals surface area contributed by atoms with E-state index in [9.17, 15) is 19.4 Å². The second-order valence-electron chi connectivity index (χ2n) is 9.60. The van der Waals surface area contributed by atoms with Crippen LogP contribution in [0.15, 0.2) is 24.3 Å². The van der Waals surface area contributed by atoms with Crippen LogP contribution < -0.4 is 11.1 Å². The summed E-state index contributed by atoms with van der Waals surface area (Å²) in [5.41, 5.74) is 5.30. The van der Waals surface area contributed by atoms with Crippen molar-refractivity contribution in [3.63, 3.8) is 0 Å². The van der Waals surface area contributed by atoms with E-state index in [2.05, 4.69) is 31.3 Å². The third kappa shape index (κ3) is 23.8. The minimum absolute atomic E-state index is 0.0767. The molecule has 218 valence electrons. The Kier molecular flexibility index (Phi) is 24.6. The Balaban J connectivity index is 4.48. The molecule has 0 aliphatic carbocycles. The molecule has 0 heterocycles. The summed E-state index contributed by atoms with van der Waals surface area (Å²) >= 11 is 0. The van der Waals surface area contributed by atoms with E-state index in [-0.39, 0.29) is 25.7 Å². The molecule has 0 saturated carbocycles. The van der Waals surface area contributed by atoms with Crippen LogP contribution in [0.5, 0.6) is 0 Å². The van der Waals surface area contributed by atoms with Gasteiger partial charge in [0.05, 0.1) is 25.4 Å². The molecule has 0 bridgehead atoms. The number of nitrogens with one attached hydrogen (secondary N) is 1. The van der Waals surface area contributed by atoms with Crippen LogP contribution in [0.2, 0.25) is 0 Å². The number of carbonyl (C=O) groups excluding carboxylic acids is 1. The molecule has 3 unspecified atom stereocenters. The van der Waals surface area contributed by atoms with E-state index in [1.807, 2.05) is 6.08 Å². The van der Waals surface area contributed by atoms with Crippen molar-refractivity contribution in [2.24, 2.45) is 5.73 Å². The number of phosphoric ester groups is 1. The SMILES string of the molecule is CCCC/C=C\CCCCCCCC(=O)NC(COP(=O)(O)OCCN)C(O)/C=C/CCCCCCC. The summed E-state index contributed by atoms with van der Waals surface area (Å²) in [6.45, 7) is 3.98. The quantitative estimate of drug-likeness (QED) is 0.0567. The van der Waals surface area contributed by atoms with Crippen molar-refractivity contribution in [3.8, 4) is 0 Å². The van der Waals surface area contributed by atoms with Gasteiger partial charge in [-0.15, -0.1) is 0 Å². The van der Waals surface area contributed by atoms with Gasteiger partial charge in [0.2, 0.25) is 5.91 Å². The van der Waals surface area contributed by atoms with Crippen molar-refractivity contribution < 1.29 is 28.4 Å². The highest BCUT2D eigenvalue weighted by Gasteiger charge is 2.26. The van der Waals surface area contributed by atoms with Gasteiger partial charge >= 0.3 is 7.82 Å². The number of hydrogen-bond acceptors (Lipinski definition) is 6. The van der Waals surface area contributed by atoms with Gasteiger partial charge in [0.1, 0.15) is 0 Å². The molecule has 0 aromatic rings. The van der Waals surface area contributed by atoms with E-state index in [1.165, 1.54) is 38.5 Å². The molecule has 1 amide bonds. The van der Waals surface area contributed by atoms with Crippen molar-refractivity contribution in [1.29, 1.82) is 0 Å². The van der Waals surface area contributed by atoms with E-state index in [0.29, 0.717) is 6.42 Å². The first-order valence-corrected chi connectivity index (χ1v) is 16.0. The lowest BCUT2D eigenvalue weighted by Crippen LogP contribution is -2.45. The average molecular weight is 547 g/mol. The molecular weight excluding hydrogens is 491 g/mol. The van der Waals surface area contributed by atoms with Gasteiger partial charge in [-0.25, -0.2) is 4.57 Å². The fourth-order valence-electron chi connectivity index (χ4n) is 3.76. The third-order valence-electron chi connectivity index (χ3n) is 6.02. The Labute approximate surface area is 226 Å². The van der Waals surface area contributed by atoms with E-state index in [0.717, 1.165) is 57.8 Å². The number of carbonyl (C=O) groups is 1. The third-order valence-corrected chi connectivity index (χ3v) is 7.01. The predicted molar refractivity (Wildman–Crippen MR) is 152 cm³/mol. The van der Waals surface area contributed by atoms with Crippen LogP contribution in [0.25, 0.3) is 0 Å². The van der Waals surface area contributed by atoms with Gasteiger partial charge in [0.15, 0.2) is 0 Å². The second-order valence-corrected chi connectivity index (χ2v) is 11.1. The summed E-state index contributed by atoms with van der Waals surface area (Å²) < 4.78 is 21.8. The monoisotopic (exact) mass is 546 g/mol. The van der Waals surface area contributed by atoms with Gasteiger partial charge in [-0.2, -0.15) is 0 Å². The molecule has 0 aliphatic heterocycles. The Hall–Kier alpha value is -1.02. The number of unbranched alkanes of at least 4 members (excludes halogenated alkanes) is 12. The molecule has 0 radical (unpaired) electrons. The average Bonchev–Trinajstić information content (AvgIpc) is 2.87. The van der Waals surface area contributed by atoms with Crippen LogP contribution in [0.4, 0.5) is 0 Å². The number of hydrogen-bond donors (Lipinski definition) is 4. The Morgan fingerprint density at radius 3 is 2.08 bits per heavy atom. The van der Waals surface area contributed by atoms with Crippen LogP contribution in [-0.4, -0.2) is 47.8 Å². The van der Waals surface area contributed by atoms with E-state index in [1.54, 1.807) is 6.08 Å². The highest BCUT2D eigenvalue weighted by Crippen LogP contribution is 2.43. The normalized spacial score (nSPS) is 15.3. The smallest absolute Gasteiger partial charge is 0.387 e. The standard InChI is InChI=1S/C28H55N2O6P/c1-3-5-7-9-11-12-13-14-16-18-20-22-28(32)30-26(25-36-37(33,34)35-24-23-29)27(31)21-19-17-15-10-8-6-4-2/h9,11,19,21,26-27,31H,3-8,10,12-18,20,22-25,29H2,1-2H3,(H,30,32)(H,33,34)/b11-9-,21-19+. The number of aliphatic hydroxyl groups is 1. The number of nitrogens with two attached hydrogens (primary N) is 1. The highest BCUT2D eigenvalue weighted by molar-refractivity contribution is 7.47. The maximum absolute atomic E-state index is 12.5.